The maximum atomic E-state index is 12.4. The van der Waals surface area contributed by atoms with Gasteiger partial charge in [-0.25, -0.2) is 13.1 Å². The van der Waals surface area contributed by atoms with Gasteiger partial charge in [0.25, 0.3) is 5.91 Å². The SMILES string of the molecule is CCCCCNS(=O)(=O)c1ccc2c(c1)/C(=C\c1ccco1)C(=O)N2. The molecular weight excluding hydrogens is 340 g/mol. The summed E-state index contributed by atoms with van der Waals surface area (Å²) >= 11 is 0. The van der Waals surface area contributed by atoms with Gasteiger partial charge in [0.15, 0.2) is 0 Å². The van der Waals surface area contributed by atoms with E-state index in [9.17, 15) is 13.2 Å². The van der Waals surface area contributed by atoms with Crippen LogP contribution in [-0.2, 0) is 14.8 Å². The highest BCUT2D eigenvalue weighted by atomic mass is 32.2. The van der Waals surface area contributed by atoms with E-state index in [2.05, 4.69) is 17.0 Å². The molecule has 0 bridgehead atoms. The van der Waals surface area contributed by atoms with Crippen molar-refractivity contribution in [2.24, 2.45) is 0 Å². The molecule has 1 aliphatic rings. The van der Waals surface area contributed by atoms with Gasteiger partial charge in [-0.15, -0.1) is 0 Å². The molecule has 2 aromatic rings. The Hall–Kier alpha value is -2.38. The number of unbranched alkanes of at least 4 members (excludes halogenated alkanes) is 2. The van der Waals surface area contributed by atoms with Crippen LogP contribution < -0.4 is 10.0 Å². The van der Waals surface area contributed by atoms with E-state index in [-0.39, 0.29) is 10.8 Å². The molecule has 1 aromatic heterocycles. The maximum Gasteiger partial charge on any atom is 0.256 e. The van der Waals surface area contributed by atoms with Gasteiger partial charge in [0.1, 0.15) is 5.76 Å². The number of hydrogen-bond donors (Lipinski definition) is 2. The van der Waals surface area contributed by atoms with Gasteiger partial charge in [0, 0.05) is 17.8 Å². The van der Waals surface area contributed by atoms with Crippen molar-refractivity contribution in [2.45, 2.75) is 31.1 Å². The molecule has 2 N–H and O–H groups in total. The summed E-state index contributed by atoms with van der Waals surface area (Å²) in [5, 5.41) is 2.73. The smallest absolute Gasteiger partial charge is 0.256 e. The number of anilines is 1. The van der Waals surface area contributed by atoms with Crippen LogP contribution in [-0.4, -0.2) is 20.9 Å². The third-order valence-electron chi connectivity index (χ3n) is 3.99. The average molecular weight is 360 g/mol. The Morgan fingerprint density at radius 3 is 2.80 bits per heavy atom. The van der Waals surface area contributed by atoms with Crippen LogP contribution in [0.1, 0.15) is 37.5 Å². The maximum absolute atomic E-state index is 12.4. The van der Waals surface area contributed by atoms with Gasteiger partial charge >= 0.3 is 0 Å². The standard InChI is InChI=1S/C18H20N2O4S/c1-2-3-4-9-19-25(22,23)14-7-8-17-15(12-14)16(18(21)20-17)11-13-6-5-10-24-13/h5-8,10-12,19H,2-4,9H2,1H3,(H,20,21)/b16-11+. The zero-order valence-corrected chi connectivity index (χ0v) is 14.7. The number of furan rings is 1. The van der Waals surface area contributed by atoms with Crippen LogP contribution in [0.5, 0.6) is 0 Å². The van der Waals surface area contributed by atoms with Gasteiger partial charge in [0.05, 0.1) is 16.7 Å². The van der Waals surface area contributed by atoms with Crippen molar-refractivity contribution >= 4 is 33.3 Å². The molecule has 0 spiro atoms. The van der Waals surface area contributed by atoms with Crippen molar-refractivity contribution in [2.75, 3.05) is 11.9 Å². The molecule has 6 nitrogen and oxygen atoms in total. The number of rotatable bonds is 7. The van der Waals surface area contributed by atoms with Crippen molar-refractivity contribution in [3.8, 4) is 0 Å². The lowest BCUT2D eigenvalue weighted by Gasteiger charge is -2.08. The molecule has 1 aromatic carbocycles. The molecule has 0 atom stereocenters. The van der Waals surface area contributed by atoms with Gasteiger partial charge in [-0.05, 0) is 42.8 Å². The number of benzene rings is 1. The fourth-order valence-electron chi connectivity index (χ4n) is 2.66. The third-order valence-corrected chi connectivity index (χ3v) is 5.45. The first kappa shape index (κ1) is 17.4. The van der Waals surface area contributed by atoms with E-state index in [1.807, 2.05) is 0 Å². The number of carbonyl (C=O) groups is 1. The van der Waals surface area contributed by atoms with Crippen molar-refractivity contribution in [1.82, 2.24) is 4.72 Å². The van der Waals surface area contributed by atoms with Crippen LogP contribution in [0.2, 0.25) is 0 Å². The Bertz CT molecular complexity index is 899. The number of carbonyl (C=O) groups excluding carboxylic acids is 1. The highest BCUT2D eigenvalue weighted by Crippen LogP contribution is 2.34. The summed E-state index contributed by atoms with van der Waals surface area (Å²) in [7, 11) is -3.60. The summed E-state index contributed by atoms with van der Waals surface area (Å²) in [6, 6.07) is 8.08. The quantitative estimate of drug-likeness (QED) is 0.586. The lowest BCUT2D eigenvalue weighted by molar-refractivity contribution is -0.110. The first-order valence-corrected chi connectivity index (χ1v) is 9.70. The van der Waals surface area contributed by atoms with Crippen LogP contribution in [0.15, 0.2) is 45.9 Å². The van der Waals surface area contributed by atoms with E-state index in [1.54, 1.807) is 24.3 Å². The van der Waals surface area contributed by atoms with E-state index in [4.69, 9.17) is 4.42 Å². The molecular formula is C18H20N2O4S. The predicted octanol–water partition coefficient (Wildman–Crippen LogP) is 3.24. The van der Waals surface area contributed by atoms with Gasteiger partial charge < -0.3 is 9.73 Å². The average Bonchev–Trinajstić information content (AvgIpc) is 3.20. The molecule has 0 unspecified atom stereocenters. The molecule has 132 valence electrons. The minimum absolute atomic E-state index is 0.143. The second kappa shape index (κ2) is 7.25. The Labute approximate surface area is 147 Å². The summed E-state index contributed by atoms with van der Waals surface area (Å²) in [6.07, 6.45) is 5.91. The van der Waals surface area contributed by atoms with Crippen molar-refractivity contribution < 1.29 is 17.6 Å². The Kier molecular flexibility index (Phi) is 5.06. The predicted molar refractivity (Wildman–Crippen MR) is 96.4 cm³/mol. The second-order valence-corrected chi connectivity index (χ2v) is 7.61. The lowest BCUT2D eigenvalue weighted by atomic mass is 10.1. The van der Waals surface area contributed by atoms with E-state index < -0.39 is 10.0 Å². The van der Waals surface area contributed by atoms with Crippen molar-refractivity contribution in [3.05, 3.63) is 47.9 Å². The monoisotopic (exact) mass is 360 g/mol. The molecule has 25 heavy (non-hydrogen) atoms. The zero-order chi connectivity index (χ0) is 17.9. The fraction of sp³-hybridized carbons (Fsp3) is 0.278. The molecule has 3 rings (SSSR count). The van der Waals surface area contributed by atoms with Crippen LogP contribution in [0, 0.1) is 0 Å². The van der Waals surface area contributed by atoms with Crippen LogP contribution >= 0.6 is 0 Å². The number of hydrogen-bond acceptors (Lipinski definition) is 4. The van der Waals surface area contributed by atoms with E-state index in [0.717, 1.165) is 19.3 Å². The first-order chi connectivity index (χ1) is 12.0. The number of nitrogens with one attached hydrogen (secondary N) is 2. The van der Waals surface area contributed by atoms with Crippen LogP contribution in [0.4, 0.5) is 5.69 Å². The van der Waals surface area contributed by atoms with Crippen LogP contribution in [0.25, 0.3) is 11.6 Å². The third kappa shape index (κ3) is 3.83. The summed E-state index contributed by atoms with van der Waals surface area (Å²) < 4.78 is 32.7. The fourth-order valence-corrected chi connectivity index (χ4v) is 3.76. The molecule has 1 amide bonds. The number of sulfonamides is 1. The summed E-state index contributed by atoms with van der Waals surface area (Å²) in [5.74, 6) is 0.251. The Morgan fingerprint density at radius 2 is 2.08 bits per heavy atom. The molecule has 0 saturated heterocycles. The molecule has 0 radical (unpaired) electrons. The summed E-state index contributed by atoms with van der Waals surface area (Å²) in [6.45, 7) is 2.46. The highest BCUT2D eigenvalue weighted by Gasteiger charge is 2.26. The molecule has 0 fully saturated rings. The minimum Gasteiger partial charge on any atom is -0.465 e. The normalized spacial score (nSPS) is 15.4. The molecule has 0 saturated carbocycles. The summed E-state index contributed by atoms with van der Waals surface area (Å²) in [4.78, 5) is 12.3. The largest absolute Gasteiger partial charge is 0.465 e. The van der Waals surface area contributed by atoms with Crippen molar-refractivity contribution in [1.29, 1.82) is 0 Å². The van der Waals surface area contributed by atoms with E-state index >= 15 is 0 Å². The Morgan fingerprint density at radius 1 is 1.24 bits per heavy atom. The van der Waals surface area contributed by atoms with Gasteiger partial charge in [-0.1, -0.05) is 19.8 Å². The van der Waals surface area contributed by atoms with E-state index in [0.29, 0.717) is 29.1 Å². The van der Waals surface area contributed by atoms with Gasteiger partial charge in [0.2, 0.25) is 10.0 Å². The van der Waals surface area contributed by atoms with Gasteiger partial charge in [-0.2, -0.15) is 0 Å². The Balaban J connectivity index is 1.89. The van der Waals surface area contributed by atoms with Crippen molar-refractivity contribution in [3.63, 3.8) is 0 Å². The van der Waals surface area contributed by atoms with Crippen LogP contribution in [0.3, 0.4) is 0 Å². The topological polar surface area (TPSA) is 88.4 Å². The molecule has 7 heteroatoms. The first-order valence-electron chi connectivity index (χ1n) is 8.22. The van der Waals surface area contributed by atoms with Gasteiger partial charge in [-0.3, -0.25) is 4.79 Å². The van der Waals surface area contributed by atoms with E-state index in [1.165, 1.54) is 18.4 Å². The summed E-state index contributed by atoms with van der Waals surface area (Å²) in [5.41, 5.74) is 1.53. The number of fused-ring (bicyclic) bond motifs is 1. The molecule has 2 heterocycles. The molecule has 0 aliphatic carbocycles. The minimum atomic E-state index is -3.60. The molecule has 1 aliphatic heterocycles. The number of amides is 1. The zero-order valence-electron chi connectivity index (χ0n) is 13.9. The highest BCUT2D eigenvalue weighted by molar-refractivity contribution is 7.89. The second-order valence-electron chi connectivity index (χ2n) is 5.84. The lowest BCUT2D eigenvalue weighted by Crippen LogP contribution is -2.24.